The molecule has 2 aromatic carbocycles. The first kappa shape index (κ1) is 18.9. The summed E-state index contributed by atoms with van der Waals surface area (Å²) in [4.78, 5) is 11.6. The summed E-state index contributed by atoms with van der Waals surface area (Å²) in [5.41, 5.74) is 1.70. The third-order valence-corrected chi connectivity index (χ3v) is 5.35. The maximum Gasteiger partial charge on any atom is 0.330 e. The number of carbonyl (C=O) groups excluding carboxylic acids is 1. The number of rotatable bonds is 7. The van der Waals surface area contributed by atoms with Gasteiger partial charge in [-0.25, -0.2) is 13.2 Å². The van der Waals surface area contributed by atoms with Crippen molar-refractivity contribution in [2.24, 2.45) is 0 Å². The van der Waals surface area contributed by atoms with Gasteiger partial charge in [0.05, 0.1) is 11.5 Å². The second-order valence-electron chi connectivity index (χ2n) is 5.40. The Labute approximate surface area is 148 Å². The van der Waals surface area contributed by atoms with Gasteiger partial charge in [-0.2, -0.15) is 4.31 Å². The molecule has 0 aliphatic heterocycles. The van der Waals surface area contributed by atoms with Gasteiger partial charge in [-0.3, -0.25) is 0 Å². The first-order valence-electron chi connectivity index (χ1n) is 7.88. The quantitative estimate of drug-likeness (QED) is 0.563. The molecule has 0 saturated heterocycles. The second-order valence-corrected chi connectivity index (χ2v) is 7.45. The predicted octanol–water partition coefficient (Wildman–Crippen LogP) is 3.08. The first-order valence-corrected chi connectivity index (χ1v) is 9.32. The monoisotopic (exact) mass is 359 g/mol. The average molecular weight is 359 g/mol. The van der Waals surface area contributed by atoms with Gasteiger partial charge in [-0.15, -0.1) is 0 Å². The molecule has 25 heavy (non-hydrogen) atoms. The fourth-order valence-corrected chi connectivity index (χ4v) is 3.38. The number of carbonyl (C=O) groups is 1. The summed E-state index contributed by atoms with van der Waals surface area (Å²) in [6.45, 7) is 2.35. The molecule has 0 aliphatic carbocycles. The van der Waals surface area contributed by atoms with Gasteiger partial charge in [-0.05, 0) is 36.3 Å². The fourth-order valence-electron chi connectivity index (χ4n) is 2.20. The van der Waals surface area contributed by atoms with Crippen LogP contribution in [-0.4, -0.2) is 32.3 Å². The van der Waals surface area contributed by atoms with Crippen LogP contribution >= 0.6 is 0 Å². The number of ether oxygens (including phenoxy) is 1. The number of hydrogen-bond donors (Lipinski definition) is 0. The Balaban J connectivity index is 2.05. The molecule has 132 valence electrons. The van der Waals surface area contributed by atoms with E-state index in [0.29, 0.717) is 6.61 Å². The second kappa shape index (κ2) is 8.60. The highest BCUT2D eigenvalue weighted by Crippen LogP contribution is 2.17. The molecule has 6 heteroatoms. The first-order chi connectivity index (χ1) is 11.9. The SMILES string of the molecule is CCOC(=O)C=Cc1ccc(CN(C)S(=O)(=O)c2ccccc2)cc1. The molecule has 0 N–H and O–H groups in total. The van der Waals surface area contributed by atoms with Gasteiger partial charge >= 0.3 is 5.97 Å². The zero-order chi connectivity index (χ0) is 18.3. The largest absolute Gasteiger partial charge is 0.463 e. The van der Waals surface area contributed by atoms with E-state index in [0.717, 1.165) is 11.1 Å². The average Bonchev–Trinajstić information content (AvgIpc) is 2.62. The molecule has 0 atom stereocenters. The van der Waals surface area contributed by atoms with Crippen molar-refractivity contribution >= 4 is 22.1 Å². The van der Waals surface area contributed by atoms with Crippen molar-refractivity contribution in [2.75, 3.05) is 13.7 Å². The molecule has 2 aromatic rings. The zero-order valence-corrected chi connectivity index (χ0v) is 15.1. The summed E-state index contributed by atoms with van der Waals surface area (Å²) in [6.07, 6.45) is 3.02. The lowest BCUT2D eigenvalue weighted by molar-refractivity contribution is -0.137. The highest BCUT2D eigenvalue weighted by atomic mass is 32.2. The number of nitrogens with zero attached hydrogens (tertiary/aromatic N) is 1. The van der Waals surface area contributed by atoms with Crippen LogP contribution in [0.2, 0.25) is 0 Å². The molecule has 0 radical (unpaired) electrons. The summed E-state index contributed by atoms with van der Waals surface area (Å²) in [5, 5.41) is 0. The number of hydrogen-bond acceptors (Lipinski definition) is 4. The minimum atomic E-state index is -3.52. The van der Waals surface area contributed by atoms with Gasteiger partial charge in [0.15, 0.2) is 0 Å². The maximum absolute atomic E-state index is 12.5. The molecule has 0 bridgehead atoms. The molecule has 2 rings (SSSR count). The number of benzene rings is 2. The summed E-state index contributed by atoms with van der Waals surface area (Å²) in [5.74, 6) is -0.389. The van der Waals surface area contributed by atoms with Crippen LogP contribution in [0.3, 0.4) is 0 Å². The van der Waals surface area contributed by atoms with Crippen molar-refractivity contribution in [1.82, 2.24) is 4.31 Å². The zero-order valence-electron chi connectivity index (χ0n) is 14.3. The number of sulfonamides is 1. The molecule has 0 amide bonds. The van der Waals surface area contributed by atoms with E-state index in [9.17, 15) is 13.2 Å². The lowest BCUT2D eigenvalue weighted by Gasteiger charge is -2.17. The van der Waals surface area contributed by atoms with Crippen molar-refractivity contribution in [1.29, 1.82) is 0 Å². The number of esters is 1. The molecular formula is C19H21NO4S. The van der Waals surface area contributed by atoms with Gasteiger partial charge in [0.2, 0.25) is 10.0 Å². The summed E-state index contributed by atoms with van der Waals surface area (Å²) >= 11 is 0. The Hall–Kier alpha value is -2.44. The van der Waals surface area contributed by atoms with Crippen LogP contribution in [0.15, 0.2) is 65.6 Å². The van der Waals surface area contributed by atoms with E-state index in [4.69, 9.17) is 4.74 Å². The van der Waals surface area contributed by atoms with Gasteiger partial charge in [0, 0.05) is 19.7 Å². The van der Waals surface area contributed by atoms with Crippen LogP contribution in [0.1, 0.15) is 18.1 Å². The van der Waals surface area contributed by atoms with Crippen LogP contribution in [0.25, 0.3) is 6.08 Å². The molecule has 0 aliphatic rings. The summed E-state index contributed by atoms with van der Waals surface area (Å²) in [6, 6.07) is 15.7. The summed E-state index contributed by atoms with van der Waals surface area (Å²) < 4.78 is 31.1. The molecular weight excluding hydrogens is 338 g/mol. The normalized spacial score (nSPS) is 11.8. The minimum absolute atomic E-state index is 0.263. The topological polar surface area (TPSA) is 63.7 Å². The van der Waals surface area contributed by atoms with Crippen LogP contribution in [-0.2, 0) is 26.1 Å². The Bertz CT molecular complexity index is 827. The highest BCUT2D eigenvalue weighted by molar-refractivity contribution is 7.89. The van der Waals surface area contributed by atoms with Crippen molar-refractivity contribution < 1.29 is 17.9 Å². The van der Waals surface area contributed by atoms with E-state index in [1.54, 1.807) is 50.4 Å². The Kier molecular flexibility index (Phi) is 6.50. The molecule has 0 unspecified atom stereocenters. The standard InChI is InChI=1S/C19H21NO4S/c1-3-24-19(21)14-13-16-9-11-17(12-10-16)15-20(2)25(22,23)18-7-5-4-6-8-18/h4-14H,3,15H2,1-2H3. The van der Waals surface area contributed by atoms with E-state index in [-0.39, 0.29) is 17.4 Å². The molecule has 0 aromatic heterocycles. The third kappa shape index (κ3) is 5.27. The minimum Gasteiger partial charge on any atom is -0.463 e. The molecule has 0 fully saturated rings. The van der Waals surface area contributed by atoms with Gasteiger partial charge in [-0.1, -0.05) is 42.5 Å². The maximum atomic E-state index is 12.5. The Morgan fingerprint density at radius 1 is 1.08 bits per heavy atom. The van der Waals surface area contributed by atoms with E-state index in [2.05, 4.69) is 0 Å². The van der Waals surface area contributed by atoms with E-state index < -0.39 is 10.0 Å². The van der Waals surface area contributed by atoms with Crippen LogP contribution in [0, 0.1) is 0 Å². The van der Waals surface area contributed by atoms with E-state index >= 15 is 0 Å². The van der Waals surface area contributed by atoms with Crippen molar-refractivity contribution in [3.05, 3.63) is 71.8 Å². The fraction of sp³-hybridized carbons (Fsp3) is 0.211. The van der Waals surface area contributed by atoms with Crippen molar-refractivity contribution in [3.8, 4) is 0 Å². The van der Waals surface area contributed by atoms with Crippen LogP contribution < -0.4 is 0 Å². The summed E-state index contributed by atoms with van der Waals surface area (Å²) in [7, 11) is -1.96. The van der Waals surface area contributed by atoms with Gasteiger partial charge in [0.1, 0.15) is 0 Å². The third-order valence-electron chi connectivity index (χ3n) is 3.53. The van der Waals surface area contributed by atoms with Crippen molar-refractivity contribution in [2.45, 2.75) is 18.4 Å². The smallest absolute Gasteiger partial charge is 0.330 e. The molecule has 0 spiro atoms. The lowest BCUT2D eigenvalue weighted by Crippen LogP contribution is -2.26. The van der Waals surface area contributed by atoms with Crippen molar-refractivity contribution in [3.63, 3.8) is 0 Å². The Morgan fingerprint density at radius 3 is 2.32 bits per heavy atom. The van der Waals surface area contributed by atoms with Crippen LogP contribution in [0.4, 0.5) is 0 Å². The molecule has 5 nitrogen and oxygen atoms in total. The lowest BCUT2D eigenvalue weighted by atomic mass is 10.1. The van der Waals surface area contributed by atoms with Crippen LogP contribution in [0.5, 0.6) is 0 Å². The van der Waals surface area contributed by atoms with E-state index in [1.165, 1.54) is 10.4 Å². The van der Waals surface area contributed by atoms with E-state index in [1.807, 2.05) is 24.3 Å². The van der Waals surface area contributed by atoms with Gasteiger partial charge < -0.3 is 4.74 Å². The molecule has 0 saturated carbocycles. The Morgan fingerprint density at radius 2 is 1.72 bits per heavy atom. The highest BCUT2D eigenvalue weighted by Gasteiger charge is 2.20. The predicted molar refractivity (Wildman–Crippen MR) is 97.2 cm³/mol. The molecule has 0 heterocycles. The van der Waals surface area contributed by atoms with Gasteiger partial charge in [0.25, 0.3) is 0 Å².